The van der Waals surface area contributed by atoms with E-state index in [1.54, 1.807) is 0 Å². The second-order valence-electron chi connectivity index (χ2n) is 7.45. The molecule has 2 aliphatic rings. The molecule has 0 radical (unpaired) electrons. The van der Waals surface area contributed by atoms with Crippen LogP contribution in [0.1, 0.15) is 18.4 Å². The Morgan fingerprint density at radius 1 is 0.897 bits per heavy atom. The minimum Gasteiger partial charge on any atom is -0.356 e. The summed E-state index contributed by atoms with van der Waals surface area (Å²) < 4.78 is 56.3. The van der Waals surface area contributed by atoms with E-state index in [1.807, 2.05) is 12.1 Å². The zero-order chi connectivity index (χ0) is 20.6. The average Bonchev–Trinajstić information content (AvgIpc) is 2.73. The number of piperidine rings is 1. The zero-order valence-electron chi connectivity index (χ0n) is 16.2. The van der Waals surface area contributed by atoms with Gasteiger partial charge < -0.3 is 9.64 Å². The van der Waals surface area contributed by atoms with Crippen LogP contribution in [0.3, 0.4) is 0 Å². The molecule has 0 spiro atoms. The fourth-order valence-electron chi connectivity index (χ4n) is 3.94. The summed E-state index contributed by atoms with van der Waals surface area (Å²) in [5.74, 6) is 0. The van der Waals surface area contributed by atoms with Crippen molar-refractivity contribution in [2.24, 2.45) is 0 Å². The van der Waals surface area contributed by atoms with Crippen LogP contribution < -0.4 is 4.90 Å². The first-order valence-corrected chi connectivity index (χ1v) is 12.8. The molecule has 0 bridgehead atoms. The third kappa shape index (κ3) is 4.05. The summed E-state index contributed by atoms with van der Waals surface area (Å²) in [6, 6.07) is 13.8. The van der Waals surface area contributed by atoms with Crippen molar-refractivity contribution in [1.82, 2.24) is 4.31 Å². The summed E-state index contributed by atoms with van der Waals surface area (Å²) in [6.07, 6.45) is 2.51. The van der Waals surface area contributed by atoms with Crippen molar-refractivity contribution in [3.8, 4) is 0 Å². The molecule has 1 saturated heterocycles. The largest absolute Gasteiger partial charge is 0.356 e. The van der Waals surface area contributed by atoms with Crippen molar-refractivity contribution in [3.05, 3.63) is 54.1 Å². The van der Waals surface area contributed by atoms with Gasteiger partial charge in [-0.15, -0.1) is 0 Å². The molecule has 0 aliphatic carbocycles. The van der Waals surface area contributed by atoms with Gasteiger partial charge in [-0.25, -0.2) is 16.8 Å². The molecule has 0 unspecified atom stereocenters. The average molecular weight is 437 g/mol. The number of para-hydroxylation sites is 1. The molecular weight excluding hydrogens is 412 g/mol. The molecule has 0 atom stereocenters. The highest BCUT2D eigenvalue weighted by molar-refractivity contribution is 7.90. The maximum atomic E-state index is 13.0. The van der Waals surface area contributed by atoms with E-state index in [1.165, 1.54) is 28.6 Å². The van der Waals surface area contributed by atoms with E-state index in [9.17, 15) is 16.8 Å². The summed E-state index contributed by atoms with van der Waals surface area (Å²) in [7, 11) is -7.01. The van der Waals surface area contributed by atoms with Gasteiger partial charge in [-0.1, -0.05) is 18.2 Å². The fourth-order valence-corrected chi connectivity index (χ4v) is 6.04. The van der Waals surface area contributed by atoms with Crippen LogP contribution in [0.4, 0.5) is 5.69 Å². The highest BCUT2D eigenvalue weighted by atomic mass is 32.2. The lowest BCUT2D eigenvalue weighted by atomic mass is 10.0. The van der Waals surface area contributed by atoms with Gasteiger partial charge in [0, 0.05) is 36.6 Å². The van der Waals surface area contributed by atoms with E-state index in [2.05, 4.69) is 17.0 Å². The molecule has 0 N–H and O–H groups in total. The van der Waals surface area contributed by atoms with Crippen LogP contribution in [0.5, 0.6) is 0 Å². The number of nitrogens with zero attached hydrogens (tertiary/aromatic N) is 2. The van der Waals surface area contributed by atoms with Crippen LogP contribution in [0.2, 0.25) is 0 Å². The number of fused-ring (bicyclic) bond motifs is 1. The van der Waals surface area contributed by atoms with Gasteiger partial charge in [0.05, 0.1) is 16.4 Å². The standard InChI is InChI=1S/C20H24N2O5S2/c1-28(23,24)18-6-8-19(9-7-18)29(25,26)21-12-10-17(11-13-21)22-15-27-14-16-4-2-3-5-20(16)22/h2-9,17H,10-15H2,1H3. The smallest absolute Gasteiger partial charge is 0.243 e. The second kappa shape index (κ2) is 7.71. The van der Waals surface area contributed by atoms with E-state index in [-0.39, 0.29) is 15.8 Å². The van der Waals surface area contributed by atoms with Gasteiger partial charge in [0.15, 0.2) is 9.84 Å². The number of sulfone groups is 1. The van der Waals surface area contributed by atoms with Gasteiger partial charge >= 0.3 is 0 Å². The summed E-state index contributed by atoms with van der Waals surface area (Å²) in [5.41, 5.74) is 2.32. The SMILES string of the molecule is CS(=O)(=O)c1ccc(S(=O)(=O)N2CCC(N3COCc4ccccc43)CC2)cc1. The van der Waals surface area contributed by atoms with E-state index in [0.29, 0.717) is 39.3 Å². The van der Waals surface area contributed by atoms with Crippen molar-refractivity contribution >= 4 is 25.5 Å². The molecule has 9 heteroatoms. The van der Waals surface area contributed by atoms with Crippen LogP contribution in [0.15, 0.2) is 58.3 Å². The Kier molecular flexibility index (Phi) is 5.41. The summed E-state index contributed by atoms with van der Waals surface area (Å²) in [4.78, 5) is 2.46. The number of rotatable bonds is 4. The molecule has 4 rings (SSSR count). The quantitative estimate of drug-likeness (QED) is 0.731. The molecule has 0 amide bonds. The second-order valence-corrected chi connectivity index (χ2v) is 11.4. The van der Waals surface area contributed by atoms with Gasteiger partial charge in [-0.2, -0.15) is 4.31 Å². The predicted octanol–water partition coefficient (Wildman–Crippen LogP) is 2.24. The Hall–Kier alpha value is -1.94. The molecule has 156 valence electrons. The Labute approximate surface area is 171 Å². The van der Waals surface area contributed by atoms with Crippen LogP contribution in [0, 0.1) is 0 Å². The first-order chi connectivity index (χ1) is 13.8. The molecule has 1 fully saturated rings. The maximum Gasteiger partial charge on any atom is 0.243 e. The molecule has 7 nitrogen and oxygen atoms in total. The minimum absolute atomic E-state index is 0.110. The summed E-state index contributed by atoms with van der Waals surface area (Å²) in [5, 5.41) is 0. The van der Waals surface area contributed by atoms with Crippen molar-refractivity contribution < 1.29 is 21.6 Å². The topological polar surface area (TPSA) is 84.0 Å². The number of sulfonamides is 1. The number of anilines is 1. The normalized spacial score (nSPS) is 19.1. The molecule has 0 saturated carbocycles. The van der Waals surface area contributed by atoms with Crippen LogP contribution in [0.25, 0.3) is 0 Å². The van der Waals surface area contributed by atoms with Gasteiger partial charge in [0.25, 0.3) is 0 Å². The van der Waals surface area contributed by atoms with Gasteiger partial charge in [0.1, 0.15) is 6.73 Å². The molecular formula is C20H24N2O5S2. The van der Waals surface area contributed by atoms with Crippen molar-refractivity contribution in [3.63, 3.8) is 0 Å². The van der Waals surface area contributed by atoms with Crippen LogP contribution in [-0.4, -0.2) is 53.3 Å². The number of ether oxygens (including phenoxy) is 1. The molecule has 2 aromatic carbocycles. The summed E-state index contributed by atoms with van der Waals surface area (Å²) >= 11 is 0. The molecule has 2 aromatic rings. The lowest BCUT2D eigenvalue weighted by molar-refractivity contribution is 0.0988. The highest BCUT2D eigenvalue weighted by Crippen LogP contribution is 2.31. The Morgan fingerprint density at radius 3 is 2.17 bits per heavy atom. The lowest BCUT2D eigenvalue weighted by Gasteiger charge is -2.41. The molecule has 2 heterocycles. The Bertz CT molecular complexity index is 1090. The lowest BCUT2D eigenvalue weighted by Crippen LogP contribution is -2.48. The van der Waals surface area contributed by atoms with E-state index in [0.717, 1.165) is 17.5 Å². The molecule has 0 aromatic heterocycles. The summed E-state index contributed by atoms with van der Waals surface area (Å²) in [6.45, 7) is 1.95. The van der Waals surface area contributed by atoms with Crippen LogP contribution in [-0.2, 0) is 31.2 Å². The number of benzene rings is 2. The molecule has 2 aliphatic heterocycles. The van der Waals surface area contributed by atoms with Crippen molar-refractivity contribution in [2.45, 2.75) is 35.3 Å². The van der Waals surface area contributed by atoms with E-state index in [4.69, 9.17) is 4.74 Å². The van der Waals surface area contributed by atoms with Gasteiger partial charge in [-0.3, -0.25) is 0 Å². The fraction of sp³-hybridized carbons (Fsp3) is 0.400. The number of hydrogen-bond donors (Lipinski definition) is 0. The van der Waals surface area contributed by atoms with Crippen molar-refractivity contribution in [2.75, 3.05) is 31.0 Å². The van der Waals surface area contributed by atoms with Crippen LogP contribution >= 0.6 is 0 Å². The minimum atomic E-state index is -3.65. The van der Waals surface area contributed by atoms with E-state index >= 15 is 0 Å². The first-order valence-electron chi connectivity index (χ1n) is 9.49. The van der Waals surface area contributed by atoms with Gasteiger partial charge in [0.2, 0.25) is 10.0 Å². The molecule has 29 heavy (non-hydrogen) atoms. The highest BCUT2D eigenvalue weighted by Gasteiger charge is 2.33. The van der Waals surface area contributed by atoms with Crippen molar-refractivity contribution in [1.29, 1.82) is 0 Å². The number of hydrogen-bond acceptors (Lipinski definition) is 6. The van der Waals surface area contributed by atoms with E-state index < -0.39 is 19.9 Å². The maximum absolute atomic E-state index is 13.0. The monoisotopic (exact) mass is 436 g/mol. The zero-order valence-corrected chi connectivity index (χ0v) is 17.8. The third-order valence-electron chi connectivity index (χ3n) is 5.54. The third-order valence-corrected chi connectivity index (χ3v) is 8.58. The Morgan fingerprint density at radius 2 is 1.52 bits per heavy atom. The predicted molar refractivity (Wildman–Crippen MR) is 110 cm³/mol. The van der Waals surface area contributed by atoms with Gasteiger partial charge in [-0.05, 0) is 43.2 Å². The Balaban J connectivity index is 1.47. The first kappa shape index (κ1) is 20.3.